The zero-order chi connectivity index (χ0) is 12.5. The minimum absolute atomic E-state index is 0.0367. The third-order valence-electron chi connectivity index (χ3n) is 2.39. The standard InChI is InChI=1S/C11H9F3O3/c12-11(13,14)10(15)4-2-7-1-3-8-9(5-7)17-6-16-8/h1,3,5H,2,4,6H2. The van der Waals surface area contributed by atoms with Crippen LogP contribution in [0.3, 0.4) is 0 Å². The number of hydrogen-bond acceptors (Lipinski definition) is 3. The van der Waals surface area contributed by atoms with Gasteiger partial charge in [-0.05, 0) is 24.1 Å². The molecule has 1 heterocycles. The van der Waals surface area contributed by atoms with Crippen molar-refractivity contribution >= 4 is 5.78 Å². The van der Waals surface area contributed by atoms with Crippen molar-refractivity contribution in [1.29, 1.82) is 0 Å². The molecule has 6 heteroatoms. The monoisotopic (exact) mass is 246 g/mol. The van der Waals surface area contributed by atoms with E-state index in [9.17, 15) is 18.0 Å². The molecule has 0 N–H and O–H groups in total. The number of hydrogen-bond donors (Lipinski definition) is 0. The summed E-state index contributed by atoms with van der Waals surface area (Å²) in [5.41, 5.74) is 0.617. The molecule has 1 aromatic carbocycles. The van der Waals surface area contributed by atoms with Gasteiger partial charge < -0.3 is 9.47 Å². The number of carbonyl (C=O) groups is 1. The molecule has 0 unspecified atom stereocenters. The first-order chi connectivity index (χ1) is 7.97. The summed E-state index contributed by atoms with van der Waals surface area (Å²) in [6, 6.07) is 4.83. The molecule has 0 aromatic heterocycles. The molecule has 0 amide bonds. The third kappa shape index (κ3) is 2.69. The van der Waals surface area contributed by atoms with Crippen molar-refractivity contribution in [3.05, 3.63) is 23.8 Å². The molecule has 0 spiro atoms. The SMILES string of the molecule is O=C(CCc1ccc2c(c1)OCO2)C(F)(F)F. The molecule has 17 heavy (non-hydrogen) atoms. The fourth-order valence-corrected chi connectivity index (χ4v) is 1.50. The Labute approximate surface area is 95.1 Å². The number of aryl methyl sites for hydroxylation is 1. The van der Waals surface area contributed by atoms with Gasteiger partial charge in [-0.1, -0.05) is 6.07 Å². The van der Waals surface area contributed by atoms with Crippen molar-refractivity contribution in [2.75, 3.05) is 6.79 Å². The number of rotatable bonds is 3. The number of carbonyl (C=O) groups excluding carboxylic acids is 1. The molecular weight excluding hydrogens is 237 g/mol. The second kappa shape index (κ2) is 4.27. The van der Waals surface area contributed by atoms with E-state index in [1.54, 1.807) is 18.2 Å². The van der Waals surface area contributed by atoms with E-state index < -0.39 is 18.4 Å². The van der Waals surface area contributed by atoms with Gasteiger partial charge in [0.05, 0.1) is 0 Å². The number of ketones is 1. The van der Waals surface area contributed by atoms with E-state index in [2.05, 4.69) is 0 Å². The highest BCUT2D eigenvalue weighted by molar-refractivity contribution is 5.84. The van der Waals surface area contributed by atoms with Crippen LogP contribution < -0.4 is 9.47 Å². The van der Waals surface area contributed by atoms with Gasteiger partial charge >= 0.3 is 6.18 Å². The van der Waals surface area contributed by atoms with Gasteiger partial charge in [0, 0.05) is 6.42 Å². The van der Waals surface area contributed by atoms with Crippen molar-refractivity contribution in [2.24, 2.45) is 0 Å². The Morgan fingerprint density at radius 2 is 1.94 bits per heavy atom. The first-order valence-electron chi connectivity index (χ1n) is 4.95. The molecule has 3 nitrogen and oxygen atoms in total. The summed E-state index contributed by atoms with van der Waals surface area (Å²) in [4.78, 5) is 10.7. The normalized spacial score (nSPS) is 13.8. The van der Waals surface area contributed by atoms with Crippen LogP contribution in [0.5, 0.6) is 11.5 Å². The minimum atomic E-state index is -4.75. The molecule has 0 aliphatic carbocycles. The number of ether oxygens (including phenoxy) is 2. The van der Waals surface area contributed by atoms with Crippen LogP contribution in [0.25, 0.3) is 0 Å². The zero-order valence-corrected chi connectivity index (χ0v) is 8.71. The molecular formula is C11H9F3O3. The van der Waals surface area contributed by atoms with Crippen LogP contribution in [0.15, 0.2) is 18.2 Å². The van der Waals surface area contributed by atoms with Crippen molar-refractivity contribution in [3.8, 4) is 11.5 Å². The van der Waals surface area contributed by atoms with Gasteiger partial charge in [-0.25, -0.2) is 0 Å². The fourth-order valence-electron chi connectivity index (χ4n) is 1.50. The summed E-state index contributed by atoms with van der Waals surface area (Å²) in [5, 5.41) is 0. The quantitative estimate of drug-likeness (QED) is 0.821. The Kier molecular flexibility index (Phi) is 2.95. The Bertz CT molecular complexity index is 440. The first kappa shape index (κ1) is 11.8. The van der Waals surface area contributed by atoms with Gasteiger partial charge in [-0.3, -0.25) is 4.79 Å². The lowest BCUT2D eigenvalue weighted by Gasteiger charge is -2.05. The van der Waals surface area contributed by atoms with Crippen molar-refractivity contribution in [2.45, 2.75) is 19.0 Å². The second-order valence-corrected chi connectivity index (χ2v) is 3.61. The maximum Gasteiger partial charge on any atom is 0.449 e. The minimum Gasteiger partial charge on any atom is -0.454 e. The van der Waals surface area contributed by atoms with Gasteiger partial charge in [0.25, 0.3) is 0 Å². The molecule has 1 aliphatic heterocycles. The molecule has 0 fully saturated rings. The van der Waals surface area contributed by atoms with E-state index in [1.807, 2.05) is 0 Å². The largest absolute Gasteiger partial charge is 0.454 e. The Morgan fingerprint density at radius 1 is 1.24 bits per heavy atom. The number of Topliss-reactive ketones (excluding diaryl/α,β-unsaturated/α-hetero) is 1. The van der Waals surface area contributed by atoms with E-state index >= 15 is 0 Å². The van der Waals surface area contributed by atoms with E-state index in [1.165, 1.54) is 0 Å². The maximum atomic E-state index is 12.0. The highest BCUT2D eigenvalue weighted by Gasteiger charge is 2.37. The average molecular weight is 246 g/mol. The second-order valence-electron chi connectivity index (χ2n) is 3.61. The maximum absolute atomic E-state index is 12.0. The highest BCUT2D eigenvalue weighted by Crippen LogP contribution is 2.33. The number of benzene rings is 1. The van der Waals surface area contributed by atoms with Crippen LogP contribution >= 0.6 is 0 Å². The summed E-state index contributed by atoms with van der Waals surface area (Å²) in [6.45, 7) is 0.111. The van der Waals surface area contributed by atoms with Gasteiger partial charge in [-0.15, -0.1) is 0 Å². The number of fused-ring (bicyclic) bond motifs is 1. The first-order valence-corrected chi connectivity index (χ1v) is 4.95. The van der Waals surface area contributed by atoms with Crippen LogP contribution in [0.1, 0.15) is 12.0 Å². The summed E-state index contributed by atoms with van der Waals surface area (Å²) in [6.07, 6.45) is -5.27. The molecule has 2 rings (SSSR count). The molecule has 0 radical (unpaired) electrons. The van der Waals surface area contributed by atoms with Crippen LogP contribution in [0.4, 0.5) is 13.2 Å². The lowest BCUT2D eigenvalue weighted by atomic mass is 10.1. The Morgan fingerprint density at radius 3 is 2.65 bits per heavy atom. The molecule has 0 saturated heterocycles. The summed E-state index contributed by atoms with van der Waals surface area (Å²) < 4.78 is 46.1. The molecule has 1 aromatic rings. The molecule has 0 atom stereocenters. The van der Waals surface area contributed by atoms with Crippen molar-refractivity contribution < 1.29 is 27.4 Å². The fraction of sp³-hybridized carbons (Fsp3) is 0.364. The molecule has 0 bridgehead atoms. The van der Waals surface area contributed by atoms with E-state index in [-0.39, 0.29) is 13.2 Å². The van der Waals surface area contributed by atoms with Crippen LogP contribution in [-0.4, -0.2) is 18.8 Å². The van der Waals surface area contributed by atoms with Crippen molar-refractivity contribution in [3.63, 3.8) is 0 Å². The van der Waals surface area contributed by atoms with E-state index in [0.717, 1.165) is 0 Å². The molecule has 0 saturated carbocycles. The van der Waals surface area contributed by atoms with Gasteiger partial charge in [0.2, 0.25) is 12.6 Å². The predicted molar refractivity (Wildman–Crippen MR) is 51.9 cm³/mol. The predicted octanol–water partition coefficient (Wildman–Crippen LogP) is 2.48. The van der Waals surface area contributed by atoms with Crippen LogP contribution in [-0.2, 0) is 11.2 Å². The third-order valence-corrected chi connectivity index (χ3v) is 2.39. The van der Waals surface area contributed by atoms with Crippen LogP contribution in [0, 0.1) is 0 Å². The number of halogens is 3. The van der Waals surface area contributed by atoms with Gasteiger partial charge in [0.1, 0.15) is 0 Å². The zero-order valence-electron chi connectivity index (χ0n) is 8.71. The van der Waals surface area contributed by atoms with Crippen molar-refractivity contribution in [1.82, 2.24) is 0 Å². The summed E-state index contributed by atoms with van der Waals surface area (Å²) in [7, 11) is 0. The molecule has 1 aliphatic rings. The van der Waals surface area contributed by atoms with Gasteiger partial charge in [-0.2, -0.15) is 13.2 Å². The summed E-state index contributed by atoms with van der Waals surface area (Å²) >= 11 is 0. The summed E-state index contributed by atoms with van der Waals surface area (Å²) in [5.74, 6) is -0.645. The topological polar surface area (TPSA) is 35.5 Å². The lowest BCUT2D eigenvalue weighted by molar-refractivity contribution is -0.171. The highest BCUT2D eigenvalue weighted by atomic mass is 19.4. The van der Waals surface area contributed by atoms with E-state index in [4.69, 9.17) is 9.47 Å². The number of alkyl halides is 3. The Balaban J connectivity index is 1.98. The lowest BCUT2D eigenvalue weighted by Crippen LogP contribution is -2.22. The average Bonchev–Trinajstić information content (AvgIpc) is 2.71. The molecule has 92 valence electrons. The van der Waals surface area contributed by atoms with Gasteiger partial charge in [0.15, 0.2) is 11.5 Å². The van der Waals surface area contributed by atoms with E-state index in [0.29, 0.717) is 17.1 Å². The Hall–Kier alpha value is -1.72. The smallest absolute Gasteiger partial charge is 0.449 e. The van der Waals surface area contributed by atoms with Crippen LogP contribution in [0.2, 0.25) is 0 Å².